The van der Waals surface area contributed by atoms with E-state index in [0.717, 1.165) is 19.5 Å². The van der Waals surface area contributed by atoms with Crippen molar-refractivity contribution in [3.05, 3.63) is 34.9 Å². The van der Waals surface area contributed by atoms with Crippen molar-refractivity contribution in [2.75, 3.05) is 20.1 Å². The third-order valence-corrected chi connectivity index (χ3v) is 3.17. The molecule has 0 bridgehead atoms. The normalized spacial score (nSPS) is 21.0. The van der Waals surface area contributed by atoms with E-state index in [1.807, 2.05) is 12.1 Å². The van der Waals surface area contributed by atoms with Gasteiger partial charge in [0.2, 0.25) is 0 Å². The minimum atomic E-state index is -0.0779. The Kier molecular flexibility index (Phi) is 3.46. The van der Waals surface area contributed by atoms with Gasteiger partial charge >= 0.3 is 0 Å². The summed E-state index contributed by atoms with van der Waals surface area (Å²) < 4.78 is 0. The fraction of sp³-hybridized carbons (Fsp3) is 0.417. The Morgan fingerprint density at radius 2 is 2.25 bits per heavy atom. The number of hydrogen-bond donors (Lipinski definition) is 1. The Labute approximate surface area is 100 Å². The highest BCUT2D eigenvalue weighted by Gasteiger charge is 2.22. The van der Waals surface area contributed by atoms with Crippen molar-refractivity contribution in [2.45, 2.75) is 12.5 Å². The number of rotatable bonds is 2. The van der Waals surface area contributed by atoms with E-state index in [4.69, 9.17) is 11.6 Å². The Balaban J connectivity index is 2.01. The summed E-state index contributed by atoms with van der Waals surface area (Å²) >= 11 is 5.96. The minimum absolute atomic E-state index is 0.0779. The number of likely N-dealkylation sites (N-methyl/N-ethyl adjacent to an activating group) is 1. The molecule has 1 aromatic rings. The summed E-state index contributed by atoms with van der Waals surface area (Å²) in [7, 11) is 2.06. The first-order valence-electron chi connectivity index (χ1n) is 5.41. The summed E-state index contributed by atoms with van der Waals surface area (Å²) in [6.45, 7) is 1.95. The topological polar surface area (TPSA) is 32.3 Å². The molecule has 0 saturated carbocycles. The molecule has 1 amide bonds. The third kappa shape index (κ3) is 2.54. The van der Waals surface area contributed by atoms with Crippen LogP contribution >= 0.6 is 11.6 Å². The lowest BCUT2D eigenvalue weighted by Crippen LogP contribution is -2.36. The van der Waals surface area contributed by atoms with Gasteiger partial charge in [-0.2, -0.15) is 0 Å². The molecule has 0 aliphatic carbocycles. The molecule has 3 nitrogen and oxygen atoms in total. The van der Waals surface area contributed by atoms with Crippen LogP contribution in [0.25, 0.3) is 0 Å². The Bertz CT molecular complexity index is 394. The van der Waals surface area contributed by atoms with Crippen LogP contribution in [0.4, 0.5) is 0 Å². The van der Waals surface area contributed by atoms with E-state index in [9.17, 15) is 4.79 Å². The highest BCUT2D eigenvalue weighted by molar-refractivity contribution is 6.33. The monoisotopic (exact) mass is 238 g/mol. The van der Waals surface area contributed by atoms with Crippen LogP contribution in [0.3, 0.4) is 0 Å². The number of nitrogens with zero attached hydrogens (tertiary/aromatic N) is 1. The molecule has 4 heteroatoms. The lowest BCUT2D eigenvalue weighted by molar-refractivity contribution is 0.0938. The highest BCUT2D eigenvalue weighted by Crippen LogP contribution is 2.15. The molecule has 86 valence electrons. The van der Waals surface area contributed by atoms with Gasteiger partial charge in [-0.1, -0.05) is 23.7 Å². The maximum absolute atomic E-state index is 11.9. The van der Waals surface area contributed by atoms with Crippen molar-refractivity contribution in [3.8, 4) is 0 Å². The van der Waals surface area contributed by atoms with Gasteiger partial charge in [0.1, 0.15) is 0 Å². The molecule has 1 aromatic carbocycles. The Morgan fingerprint density at radius 3 is 2.88 bits per heavy atom. The molecule has 16 heavy (non-hydrogen) atoms. The molecule has 1 fully saturated rings. The molecular formula is C12H15ClN2O. The molecule has 1 unspecified atom stereocenters. The highest BCUT2D eigenvalue weighted by atomic mass is 35.5. The zero-order chi connectivity index (χ0) is 11.5. The van der Waals surface area contributed by atoms with Crippen LogP contribution in [0.5, 0.6) is 0 Å². The molecule has 1 atom stereocenters. The summed E-state index contributed by atoms with van der Waals surface area (Å²) in [5.41, 5.74) is 0.554. The van der Waals surface area contributed by atoms with Gasteiger partial charge in [0.05, 0.1) is 10.6 Å². The largest absolute Gasteiger partial charge is 0.348 e. The summed E-state index contributed by atoms with van der Waals surface area (Å²) in [6.07, 6.45) is 1.01. The van der Waals surface area contributed by atoms with Crippen molar-refractivity contribution in [3.63, 3.8) is 0 Å². The van der Waals surface area contributed by atoms with E-state index in [1.165, 1.54) is 0 Å². The smallest absolute Gasteiger partial charge is 0.253 e. The van der Waals surface area contributed by atoms with Gasteiger partial charge in [-0.15, -0.1) is 0 Å². The third-order valence-electron chi connectivity index (χ3n) is 2.85. The molecule has 1 aliphatic heterocycles. The van der Waals surface area contributed by atoms with E-state index >= 15 is 0 Å². The predicted octanol–water partition coefficient (Wildman–Crippen LogP) is 1.77. The number of benzene rings is 1. The molecule has 0 radical (unpaired) electrons. The van der Waals surface area contributed by atoms with Crippen molar-refractivity contribution >= 4 is 17.5 Å². The van der Waals surface area contributed by atoms with Gasteiger partial charge in [-0.05, 0) is 32.1 Å². The van der Waals surface area contributed by atoms with Crippen LogP contribution in [-0.4, -0.2) is 37.0 Å². The maximum atomic E-state index is 11.9. The van der Waals surface area contributed by atoms with Gasteiger partial charge in [0.15, 0.2) is 0 Å². The van der Waals surface area contributed by atoms with Crippen LogP contribution in [-0.2, 0) is 0 Å². The second-order valence-electron chi connectivity index (χ2n) is 4.20. The van der Waals surface area contributed by atoms with E-state index < -0.39 is 0 Å². The van der Waals surface area contributed by atoms with Crippen molar-refractivity contribution in [2.24, 2.45) is 0 Å². The second kappa shape index (κ2) is 4.85. The molecular weight excluding hydrogens is 224 g/mol. The number of halogens is 1. The molecule has 0 aromatic heterocycles. The van der Waals surface area contributed by atoms with E-state index in [1.54, 1.807) is 12.1 Å². The average molecular weight is 239 g/mol. The first-order valence-corrected chi connectivity index (χ1v) is 5.78. The number of carbonyl (C=O) groups is 1. The fourth-order valence-electron chi connectivity index (χ4n) is 1.96. The second-order valence-corrected chi connectivity index (χ2v) is 4.61. The van der Waals surface area contributed by atoms with Crippen molar-refractivity contribution < 1.29 is 4.79 Å². The summed E-state index contributed by atoms with van der Waals surface area (Å²) in [5, 5.41) is 3.51. The molecule has 1 aliphatic rings. The van der Waals surface area contributed by atoms with Crippen LogP contribution in [0.2, 0.25) is 5.02 Å². The average Bonchev–Trinajstić information content (AvgIpc) is 2.64. The first-order chi connectivity index (χ1) is 7.66. The number of nitrogens with one attached hydrogen (secondary N) is 1. The summed E-state index contributed by atoms with van der Waals surface area (Å²) in [4.78, 5) is 14.1. The summed E-state index contributed by atoms with van der Waals surface area (Å²) in [6, 6.07) is 7.37. The SMILES string of the molecule is CN1CCC(NC(=O)c2ccccc2Cl)C1. The fourth-order valence-corrected chi connectivity index (χ4v) is 2.18. The number of amides is 1. The Hall–Kier alpha value is -1.06. The number of likely N-dealkylation sites (tertiary alicyclic amines) is 1. The predicted molar refractivity (Wildman–Crippen MR) is 64.8 cm³/mol. The Morgan fingerprint density at radius 1 is 1.50 bits per heavy atom. The molecule has 1 heterocycles. The lowest BCUT2D eigenvalue weighted by atomic mass is 10.2. The first kappa shape index (κ1) is 11.4. The number of hydrogen-bond acceptors (Lipinski definition) is 2. The quantitative estimate of drug-likeness (QED) is 0.852. The van der Waals surface area contributed by atoms with Gasteiger partial charge in [-0.25, -0.2) is 0 Å². The maximum Gasteiger partial charge on any atom is 0.253 e. The molecule has 1 saturated heterocycles. The molecule has 1 N–H and O–H groups in total. The van der Waals surface area contributed by atoms with Crippen LogP contribution in [0.1, 0.15) is 16.8 Å². The van der Waals surface area contributed by atoms with Gasteiger partial charge in [-0.3, -0.25) is 4.79 Å². The van der Waals surface area contributed by atoms with Gasteiger partial charge < -0.3 is 10.2 Å². The molecule has 0 spiro atoms. The number of carbonyl (C=O) groups excluding carboxylic acids is 1. The zero-order valence-electron chi connectivity index (χ0n) is 9.24. The van der Waals surface area contributed by atoms with E-state index in [0.29, 0.717) is 10.6 Å². The van der Waals surface area contributed by atoms with Crippen molar-refractivity contribution in [1.82, 2.24) is 10.2 Å². The molecule has 2 rings (SSSR count). The van der Waals surface area contributed by atoms with Gasteiger partial charge in [0.25, 0.3) is 5.91 Å². The summed E-state index contributed by atoms with van der Waals surface area (Å²) in [5.74, 6) is -0.0779. The lowest BCUT2D eigenvalue weighted by Gasteiger charge is -2.13. The van der Waals surface area contributed by atoms with Crippen LogP contribution < -0.4 is 5.32 Å². The zero-order valence-corrected chi connectivity index (χ0v) is 10.00. The van der Waals surface area contributed by atoms with E-state index in [2.05, 4.69) is 17.3 Å². The van der Waals surface area contributed by atoms with E-state index in [-0.39, 0.29) is 11.9 Å². The van der Waals surface area contributed by atoms with Crippen LogP contribution in [0, 0.1) is 0 Å². The van der Waals surface area contributed by atoms with Crippen LogP contribution in [0.15, 0.2) is 24.3 Å². The van der Waals surface area contributed by atoms with Gasteiger partial charge in [0, 0.05) is 12.6 Å². The standard InChI is InChI=1S/C12H15ClN2O/c1-15-7-6-9(8-15)14-12(16)10-4-2-3-5-11(10)13/h2-5,9H,6-8H2,1H3,(H,14,16). The van der Waals surface area contributed by atoms with Crippen molar-refractivity contribution in [1.29, 1.82) is 0 Å². The minimum Gasteiger partial charge on any atom is -0.348 e.